The minimum absolute atomic E-state index is 0.00989. The molecular formula is C38H42N4O3. The summed E-state index contributed by atoms with van der Waals surface area (Å²) in [4.78, 5) is 36.4. The number of amides is 2. The lowest BCUT2D eigenvalue weighted by Crippen LogP contribution is -2.45. The second-order valence-corrected chi connectivity index (χ2v) is 11.5. The van der Waals surface area contributed by atoms with Crippen molar-refractivity contribution in [1.29, 1.82) is 0 Å². The SMILES string of the molecule is CN(C)c1ccc(CN(CCc2c[nH]c3ccccc23)C(=O)CN(CCc2ccccc2)C(=O)COCc2ccccc2)cc1. The quantitative estimate of drug-likeness (QED) is 0.157. The Kier molecular flexibility index (Phi) is 11.0. The van der Waals surface area contributed by atoms with Gasteiger partial charge in [-0.3, -0.25) is 9.59 Å². The lowest BCUT2D eigenvalue weighted by Gasteiger charge is -2.28. The Morgan fingerprint density at radius 2 is 1.31 bits per heavy atom. The molecular weight excluding hydrogens is 560 g/mol. The topological polar surface area (TPSA) is 68.9 Å². The van der Waals surface area contributed by atoms with Crippen LogP contribution in [0.4, 0.5) is 5.69 Å². The average Bonchev–Trinajstić information content (AvgIpc) is 3.49. The van der Waals surface area contributed by atoms with Gasteiger partial charge in [-0.1, -0.05) is 91.0 Å². The summed E-state index contributed by atoms with van der Waals surface area (Å²) in [6.07, 6.45) is 3.38. The molecule has 0 aliphatic carbocycles. The molecule has 7 heteroatoms. The minimum Gasteiger partial charge on any atom is -0.378 e. The number of carbonyl (C=O) groups excluding carboxylic acids is 2. The molecule has 1 aromatic heterocycles. The lowest BCUT2D eigenvalue weighted by atomic mass is 10.1. The van der Waals surface area contributed by atoms with E-state index in [4.69, 9.17) is 4.74 Å². The Morgan fingerprint density at radius 3 is 2.02 bits per heavy atom. The predicted octanol–water partition coefficient (Wildman–Crippen LogP) is 6.09. The summed E-state index contributed by atoms with van der Waals surface area (Å²) in [5, 5.41) is 1.16. The van der Waals surface area contributed by atoms with E-state index < -0.39 is 0 Å². The smallest absolute Gasteiger partial charge is 0.249 e. The molecule has 1 N–H and O–H groups in total. The van der Waals surface area contributed by atoms with Crippen molar-refractivity contribution in [1.82, 2.24) is 14.8 Å². The first-order valence-corrected chi connectivity index (χ1v) is 15.5. The van der Waals surface area contributed by atoms with Gasteiger partial charge in [0.25, 0.3) is 0 Å². The summed E-state index contributed by atoms with van der Waals surface area (Å²) >= 11 is 0. The summed E-state index contributed by atoms with van der Waals surface area (Å²) in [6.45, 7) is 1.66. The Balaban J connectivity index is 1.31. The number of rotatable bonds is 15. The van der Waals surface area contributed by atoms with Gasteiger partial charge in [0, 0.05) is 56.5 Å². The number of ether oxygens (including phenoxy) is 1. The molecule has 0 bridgehead atoms. The van der Waals surface area contributed by atoms with Gasteiger partial charge in [0.15, 0.2) is 0 Å². The second kappa shape index (κ2) is 15.7. The van der Waals surface area contributed by atoms with E-state index in [2.05, 4.69) is 46.3 Å². The number of nitrogens with one attached hydrogen (secondary N) is 1. The summed E-state index contributed by atoms with van der Waals surface area (Å²) in [5.74, 6) is -0.280. The molecule has 0 radical (unpaired) electrons. The van der Waals surface area contributed by atoms with Crippen molar-refractivity contribution in [3.8, 4) is 0 Å². The third-order valence-electron chi connectivity index (χ3n) is 8.03. The van der Waals surface area contributed by atoms with Crippen molar-refractivity contribution in [2.45, 2.75) is 26.0 Å². The second-order valence-electron chi connectivity index (χ2n) is 11.5. The maximum Gasteiger partial charge on any atom is 0.249 e. The van der Waals surface area contributed by atoms with Gasteiger partial charge in [-0.05, 0) is 53.3 Å². The van der Waals surface area contributed by atoms with Crippen LogP contribution >= 0.6 is 0 Å². The van der Waals surface area contributed by atoms with Crippen LogP contribution in [0.1, 0.15) is 22.3 Å². The molecule has 0 saturated carbocycles. The summed E-state index contributed by atoms with van der Waals surface area (Å²) in [6, 6.07) is 36.3. The first-order valence-electron chi connectivity index (χ1n) is 15.5. The first-order chi connectivity index (χ1) is 22.0. The Hall–Kier alpha value is -4.88. The number of aromatic amines is 1. The number of benzene rings is 4. The molecule has 2 amide bonds. The highest BCUT2D eigenvalue weighted by molar-refractivity contribution is 5.86. The molecule has 0 spiro atoms. The normalized spacial score (nSPS) is 11.0. The third kappa shape index (κ3) is 9.06. The molecule has 7 nitrogen and oxygen atoms in total. The van der Waals surface area contributed by atoms with E-state index in [1.807, 2.05) is 98.0 Å². The summed E-state index contributed by atoms with van der Waals surface area (Å²) in [7, 11) is 4.02. The average molecular weight is 603 g/mol. The molecule has 232 valence electrons. The zero-order valence-electron chi connectivity index (χ0n) is 26.2. The van der Waals surface area contributed by atoms with Gasteiger partial charge in [0.2, 0.25) is 11.8 Å². The zero-order valence-corrected chi connectivity index (χ0v) is 26.2. The van der Waals surface area contributed by atoms with Gasteiger partial charge < -0.3 is 24.4 Å². The molecule has 4 aromatic carbocycles. The highest BCUT2D eigenvalue weighted by atomic mass is 16.5. The van der Waals surface area contributed by atoms with Crippen molar-refractivity contribution < 1.29 is 14.3 Å². The molecule has 0 unspecified atom stereocenters. The number of nitrogens with zero attached hydrogens (tertiary/aromatic N) is 3. The van der Waals surface area contributed by atoms with Gasteiger partial charge >= 0.3 is 0 Å². The van der Waals surface area contributed by atoms with E-state index >= 15 is 0 Å². The van der Waals surface area contributed by atoms with Crippen LogP contribution in [0.15, 0.2) is 115 Å². The van der Waals surface area contributed by atoms with Crippen LogP contribution in [-0.2, 0) is 40.3 Å². The highest BCUT2D eigenvalue weighted by Crippen LogP contribution is 2.20. The monoisotopic (exact) mass is 602 g/mol. The van der Waals surface area contributed by atoms with Crippen LogP contribution in [0.5, 0.6) is 0 Å². The highest BCUT2D eigenvalue weighted by Gasteiger charge is 2.22. The molecule has 5 aromatic rings. The molecule has 45 heavy (non-hydrogen) atoms. The number of fused-ring (bicyclic) bond motifs is 1. The number of hydrogen-bond acceptors (Lipinski definition) is 4. The number of anilines is 1. The molecule has 0 fully saturated rings. The van der Waals surface area contributed by atoms with Crippen LogP contribution < -0.4 is 4.90 Å². The zero-order chi connectivity index (χ0) is 31.4. The largest absolute Gasteiger partial charge is 0.378 e. The lowest BCUT2D eigenvalue weighted by molar-refractivity contribution is -0.143. The first kappa shape index (κ1) is 31.5. The van der Waals surface area contributed by atoms with E-state index in [9.17, 15) is 9.59 Å². The standard InChI is InChI=1S/C38H42N4O3/c1-40(2)34-19-17-31(18-20-34)26-41(24-22-33-25-39-36-16-10-9-15-35(33)36)37(43)27-42(23-21-30-11-5-3-6-12-30)38(44)29-45-28-32-13-7-4-8-14-32/h3-20,25,39H,21-24,26-29H2,1-2H3. The Bertz CT molecular complexity index is 1650. The van der Waals surface area contributed by atoms with Gasteiger partial charge in [0.05, 0.1) is 13.2 Å². The van der Waals surface area contributed by atoms with Gasteiger partial charge in [-0.15, -0.1) is 0 Å². The Morgan fingerprint density at radius 1 is 0.667 bits per heavy atom. The third-order valence-corrected chi connectivity index (χ3v) is 8.03. The van der Waals surface area contributed by atoms with Crippen molar-refractivity contribution in [2.24, 2.45) is 0 Å². The van der Waals surface area contributed by atoms with Crippen LogP contribution in [-0.4, -0.2) is 66.9 Å². The Labute approximate surface area is 266 Å². The van der Waals surface area contributed by atoms with Gasteiger partial charge in [-0.25, -0.2) is 0 Å². The van der Waals surface area contributed by atoms with Crippen LogP contribution in [0, 0.1) is 0 Å². The summed E-state index contributed by atoms with van der Waals surface area (Å²) in [5.41, 5.74) is 6.51. The molecule has 0 aliphatic heterocycles. The predicted molar refractivity (Wildman–Crippen MR) is 181 cm³/mol. The number of H-pyrrole nitrogens is 1. The van der Waals surface area contributed by atoms with Crippen molar-refractivity contribution >= 4 is 28.4 Å². The summed E-state index contributed by atoms with van der Waals surface area (Å²) < 4.78 is 5.80. The van der Waals surface area contributed by atoms with E-state index in [0.29, 0.717) is 39.1 Å². The van der Waals surface area contributed by atoms with E-state index in [1.165, 1.54) is 0 Å². The van der Waals surface area contributed by atoms with Crippen molar-refractivity contribution in [3.05, 3.63) is 138 Å². The molecule has 1 heterocycles. The van der Waals surface area contributed by atoms with Crippen LogP contribution in [0.2, 0.25) is 0 Å². The molecule has 0 aliphatic rings. The molecule has 0 saturated heterocycles. The number of carbonyl (C=O) groups is 2. The van der Waals surface area contributed by atoms with Gasteiger partial charge in [-0.2, -0.15) is 0 Å². The van der Waals surface area contributed by atoms with E-state index in [0.717, 1.165) is 38.8 Å². The van der Waals surface area contributed by atoms with E-state index in [-0.39, 0.29) is 25.0 Å². The van der Waals surface area contributed by atoms with Crippen molar-refractivity contribution in [3.63, 3.8) is 0 Å². The fraction of sp³-hybridized carbons (Fsp3) is 0.263. The maximum atomic E-state index is 14.0. The number of para-hydroxylation sites is 1. The van der Waals surface area contributed by atoms with Gasteiger partial charge in [0.1, 0.15) is 6.61 Å². The van der Waals surface area contributed by atoms with Crippen molar-refractivity contribution in [2.75, 3.05) is 45.2 Å². The number of aromatic nitrogens is 1. The fourth-order valence-corrected chi connectivity index (χ4v) is 5.39. The maximum absolute atomic E-state index is 14.0. The van der Waals surface area contributed by atoms with Crippen LogP contribution in [0.3, 0.4) is 0 Å². The number of hydrogen-bond donors (Lipinski definition) is 1. The van der Waals surface area contributed by atoms with E-state index in [1.54, 1.807) is 4.90 Å². The van der Waals surface area contributed by atoms with Crippen LogP contribution in [0.25, 0.3) is 10.9 Å². The fourth-order valence-electron chi connectivity index (χ4n) is 5.39. The molecule has 0 atom stereocenters. The minimum atomic E-state index is -0.192. The molecule has 5 rings (SSSR count).